The van der Waals surface area contributed by atoms with Gasteiger partial charge in [0, 0.05) is 55.2 Å². The van der Waals surface area contributed by atoms with E-state index in [1.54, 1.807) is 12.0 Å². The van der Waals surface area contributed by atoms with Crippen molar-refractivity contribution < 1.29 is 28.8 Å². The number of rotatable bonds is 7. The second-order valence-electron chi connectivity index (χ2n) is 11.5. The lowest BCUT2D eigenvalue weighted by atomic mass is 9.96. The van der Waals surface area contributed by atoms with E-state index >= 15 is 0 Å². The Morgan fingerprint density at radius 3 is 2.67 bits per heavy atom. The van der Waals surface area contributed by atoms with Crippen LogP contribution in [0.5, 0.6) is 11.5 Å². The van der Waals surface area contributed by atoms with E-state index in [-0.39, 0.29) is 31.1 Å². The first kappa shape index (κ1) is 27.0. The molecule has 1 N–H and O–H groups in total. The minimum Gasteiger partial charge on any atom is -0.488 e. The van der Waals surface area contributed by atoms with E-state index in [2.05, 4.69) is 20.2 Å². The van der Waals surface area contributed by atoms with Gasteiger partial charge >= 0.3 is 6.09 Å². The predicted molar refractivity (Wildman–Crippen MR) is 153 cm³/mol. The Kier molecular flexibility index (Phi) is 7.32. The molecular weight excluding hydrogens is 540 g/mol. The van der Waals surface area contributed by atoms with Crippen LogP contribution in [0.4, 0.5) is 10.6 Å². The number of carbonyl (C=O) groups is 1. The monoisotopic (exact) mass is 576 g/mol. The van der Waals surface area contributed by atoms with Crippen LogP contribution in [0.1, 0.15) is 51.2 Å². The average molecular weight is 577 g/mol. The van der Waals surface area contributed by atoms with Gasteiger partial charge < -0.3 is 33.9 Å². The van der Waals surface area contributed by atoms with Crippen LogP contribution in [0.25, 0.3) is 22.4 Å². The molecular formula is C30H36N6O6. The minimum absolute atomic E-state index is 0.0267. The van der Waals surface area contributed by atoms with Gasteiger partial charge in [-0.1, -0.05) is 6.07 Å². The summed E-state index contributed by atoms with van der Waals surface area (Å²) in [5.41, 5.74) is 3.35. The summed E-state index contributed by atoms with van der Waals surface area (Å²) in [5, 5.41) is 23.5. The highest BCUT2D eigenvalue weighted by Gasteiger charge is 2.46. The third-order valence-electron chi connectivity index (χ3n) is 8.95. The van der Waals surface area contributed by atoms with Gasteiger partial charge in [-0.2, -0.15) is 5.10 Å². The molecule has 1 amide bonds. The minimum atomic E-state index is -0.808. The van der Waals surface area contributed by atoms with Crippen LogP contribution in [-0.4, -0.2) is 87.9 Å². The summed E-state index contributed by atoms with van der Waals surface area (Å²) < 4.78 is 25.1. The summed E-state index contributed by atoms with van der Waals surface area (Å²) in [4.78, 5) is 15.7. The van der Waals surface area contributed by atoms with Crippen molar-refractivity contribution in [3.63, 3.8) is 0 Å². The first-order valence-corrected chi connectivity index (χ1v) is 14.8. The maximum atomic E-state index is 11.8. The van der Waals surface area contributed by atoms with Gasteiger partial charge in [-0.25, -0.2) is 9.48 Å². The molecule has 4 aliphatic heterocycles. The third-order valence-corrected chi connectivity index (χ3v) is 8.95. The summed E-state index contributed by atoms with van der Waals surface area (Å²) >= 11 is 0. The van der Waals surface area contributed by atoms with E-state index in [0.29, 0.717) is 36.2 Å². The number of anilines is 1. The Balaban J connectivity index is 1.15. The van der Waals surface area contributed by atoms with Crippen LogP contribution < -0.4 is 14.4 Å². The zero-order chi connectivity index (χ0) is 28.6. The number of aromatic nitrogens is 4. The molecule has 1 unspecified atom stereocenters. The zero-order valence-electron chi connectivity index (χ0n) is 23.7. The van der Waals surface area contributed by atoms with E-state index in [4.69, 9.17) is 18.9 Å². The molecule has 0 spiro atoms. The molecule has 0 saturated carbocycles. The van der Waals surface area contributed by atoms with Crippen molar-refractivity contribution in [1.29, 1.82) is 0 Å². The SMILES string of the molecule is COCOc1cc(-c2cnn(C3CCCCO3)c2)ccc1-c1cc2c(nn1)N([C@@H]1C[C@H]3CC[C@@H](C1)N3C(=O)O)CCO2. The fourth-order valence-corrected chi connectivity index (χ4v) is 6.97. The summed E-state index contributed by atoms with van der Waals surface area (Å²) in [6.45, 7) is 2.09. The number of ether oxygens (including phenoxy) is 4. The molecule has 2 bridgehead atoms. The Morgan fingerprint density at radius 2 is 1.90 bits per heavy atom. The fraction of sp³-hybridized carbons (Fsp3) is 0.533. The molecule has 6 heterocycles. The largest absolute Gasteiger partial charge is 0.488 e. The second kappa shape index (κ2) is 11.4. The molecule has 3 fully saturated rings. The third kappa shape index (κ3) is 5.02. The molecule has 0 aliphatic carbocycles. The first-order chi connectivity index (χ1) is 20.6. The number of hydrogen-bond acceptors (Lipinski definition) is 9. The summed E-state index contributed by atoms with van der Waals surface area (Å²) in [7, 11) is 1.59. The van der Waals surface area contributed by atoms with Crippen molar-refractivity contribution >= 4 is 11.9 Å². The van der Waals surface area contributed by atoms with Crippen LogP contribution in [0.3, 0.4) is 0 Å². The molecule has 0 radical (unpaired) electrons. The number of benzene rings is 1. The summed E-state index contributed by atoms with van der Waals surface area (Å²) in [5.74, 6) is 2.01. The maximum absolute atomic E-state index is 11.8. The smallest absolute Gasteiger partial charge is 0.407 e. The molecule has 4 atom stereocenters. The molecule has 3 saturated heterocycles. The highest BCUT2D eigenvalue weighted by molar-refractivity contribution is 5.76. The van der Waals surface area contributed by atoms with E-state index in [9.17, 15) is 9.90 Å². The Bertz CT molecular complexity index is 1430. The molecule has 12 nitrogen and oxygen atoms in total. The number of fused-ring (bicyclic) bond motifs is 3. The number of carboxylic acid groups (broad SMARTS) is 1. The molecule has 2 aromatic heterocycles. The topological polar surface area (TPSA) is 124 Å². The van der Waals surface area contributed by atoms with Crippen LogP contribution in [0.2, 0.25) is 0 Å². The van der Waals surface area contributed by atoms with Gasteiger partial charge in [-0.15, -0.1) is 10.2 Å². The van der Waals surface area contributed by atoms with E-state index < -0.39 is 6.09 Å². The van der Waals surface area contributed by atoms with Crippen LogP contribution >= 0.6 is 0 Å². The number of piperidine rings is 1. The molecule has 3 aromatic rings. The van der Waals surface area contributed by atoms with Gasteiger partial charge in [0.1, 0.15) is 24.3 Å². The lowest BCUT2D eigenvalue weighted by molar-refractivity contribution is -0.0394. The van der Waals surface area contributed by atoms with Gasteiger partial charge in [-0.05, 0) is 62.6 Å². The van der Waals surface area contributed by atoms with E-state index in [1.807, 2.05) is 41.3 Å². The van der Waals surface area contributed by atoms with Crippen molar-refractivity contribution in [3.05, 3.63) is 36.7 Å². The van der Waals surface area contributed by atoms with Crippen molar-refractivity contribution in [1.82, 2.24) is 24.9 Å². The lowest BCUT2D eigenvalue weighted by Crippen LogP contribution is -2.53. The molecule has 222 valence electrons. The second-order valence-corrected chi connectivity index (χ2v) is 11.5. The predicted octanol–water partition coefficient (Wildman–Crippen LogP) is 4.56. The highest BCUT2D eigenvalue weighted by atomic mass is 16.7. The Morgan fingerprint density at radius 1 is 1.05 bits per heavy atom. The summed E-state index contributed by atoms with van der Waals surface area (Å²) in [6.07, 6.45) is 9.65. The van der Waals surface area contributed by atoms with Crippen LogP contribution in [-0.2, 0) is 9.47 Å². The van der Waals surface area contributed by atoms with Gasteiger partial charge in [-0.3, -0.25) is 0 Å². The van der Waals surface area contributed by atoms with Gasteiger partial charge in [0.25, 0.3) is 0 Å². The molecule has 12 heteroatoms. The van der Waals surface area contributed by atoms with E-state index in [1.165, 1.54) is 0 Å². The fourth-order valence-electron chi connectivity index (χ4n) is 6.97. The molecule has 7 rings (SSSR count). The van der Waals surface area contributed by atoms with Gasteiger partial charge in [0.15, 0.2) is 18.4 Å². The van der Waals surface area contributed by atoms with Crippen LogP contribution in [0, 0.1) is 0 Å². The van der Waals surface area contributed by atoms with Crippen molar-refractivity contribution in [3.8, 4) is 33.9 Å². The Hall–Kier alpha value is -3.90. The standard InChI is InChI=1S/C30H36N6O6/c1-39-18-42-26-12-19(20-16-31-35(17-20)28-4-2-3-10-41-28)5-8-24(26)25-15-27-29(33-32-25)34(9-11-40-27)23-13-21-6-7-22(14-23)36(21)30(37)38/h5,8,12,15-17,21-23,28H,2-4,6-7,9-11,13-14,18H2,1H3,(H,37,38)/t21-,22+,23-,28?. The first-order valence-electron chi connectivity index (χ1n) is 14.8. The quantitative estimate of drug-likeness (QED) is 0.400. The molecule has 1 aromatic carbocycles. The maximum Gasteiger partial charge on any atom is 0.407 e. The van der Waals surface area contributed by atoms with Crippen LogP contribution in [0.15, 0.2) is 36.7 Å². The van der Waals surface area contributed by atoms with Crippen molar-refractivity contribution in [2.75, 3.05) is 38.6 Å². The zero-order valence-corrected chi connectivity index (χ0v) is 23.7. The lowest BCUT2D eigenvalue weighted by Gasteiger charge is -2.43. The normalized spacial score (nSPS) is 25.2. The van der Waals surface area contributed by atoms with Crippen molar-refractivity contribution in [2.45, 2.75) is 69.3 Å². The average Bonchev–Trinajstić information content (AvgIpc) is 3.62. The molecule has 4 aliphatic rings. The highest BCUT2D eigenvalue weighted by Crippen LogP contribution is 2.42. The van der Waals surface area contributed by atoms with Gasteiger partial charge in [0.2, 0.25) is 0 Å². The van der Waals surface area contributed by atoms with Gasteiger partial charge in [0.05, 0.1) is 12.7 Å². The number of hydrogen-bond donors (Lipinski definition) is 1. The number of amides is 1. The number of methoxy groups -OCH3 is 1. The Labute approximate surface area is 244 Å². The van der Waals surface area contributed by atoms with Crippen molar-refractivity contribution in [2.24, 2.45) is 0 Å². The molecule has 42 heavy (non-hydrogen) atoms. The summed E-state index contributed by atoms with van der Waals surface area (Å²) in [6, 6.07) is 8.22. The van der Waals surface area contributed by atoms with E-state index in [0.717, 1.165) is 68.2 Å². The number of nitrogens with zero attached hydrogens (tertiary/aromatic N) is 6.